The molecule has 0 saturated carbocycles. The van der Waals surface area contributed by atoms with Crippen LogP contribution in [0.5, 0.6) is 0 Å². The summed E-state index contributed by atoms with van der Waals surface area (Å²) in [5.74, 6) is 0.389. The number of anilines is 1. The lowest BCUT2D eigenvalue weighted by Crippen LogP contribution is -2.18. The number of hydrogen-bond donors (Lipinski definition) is 2. The monoisotopic (exact) mass is 442 g/mol. The predicted molar refractivity (Wildman–Crippen MR) is 118 cm³/mol. The molecule has 0 unspecified atom stereocenters. The lowest BCUT2D eigenvalue weighted by atomic mass is 10.2. The van der Waals surface area contributed by atoms with Crippen LogP contribution in [0.15, 0.2) is 64.5 Å². The van der Waals surface area contributed by atoms with Gasteiger partial charge in [0.2, 0.25) is 5.91 Å². The largest absolute Gasteiger partial charge is 0.302 e. The SMILES string of the molecule is O=C(Cc1cc(=O)[nH]c(SCc2ccccc2)n1)Nc1nc2ccc(Cl)cc2s1. The number of thioether (sulfide) groups is 1. The second kappa shape index (κ2) is 8.77. The molecule has 2 heterocycles. The predicted octanol–water partition coefficient (Wildman–Crippen LogP) is 4.51. The third-order valence-electron chi connectivity index (χ3n) is 3.93. The van der Waals surface area contributed by atoms with E-state index in [1.54, 1.807) is 18.2 Å². The number of aromatic amines is 1. The van der Waals surface area contributed by atoms with Crippen LogP contribution in [-0.4, -0.2) is 20.9 Å². The number of hydrogen-bond acceptors (Lipinski definition) is 6. The molecule has 9 heteroatoms. The highest BCUT2D eigenvalue weighted by Crippen LogP contribution is 2.28. The molecular weight excluding hydrogens is 428 g/mol. The summed E-state index contributed by atoms with van der Waals surface area (Å²) < 4.78 is 0.890. The average Bonchev–Trinajstić information content (AvgIpc) is 3.07. The van der Waals surface area contributed by atoms with Crippen molar-refractivity contribution in [3.8, 4) is 0 Å². The Bertz CT molecular complexity index is 1220. The van der Waals surface area contributed by atoms with Gasteiger partial charge in [0.1, 0.15) is 0 Å². The topological polar surface area (TPSA) is 87.7 Å². The van der Waals surface area contributed by atoms with Crippen molar-refractivity contribution in [2.45, 2.75) is 17.3 Å². The van der Waals surface area contributed by atoms with E-state index in [2.05, 4.69) is 20.3 Å². The van der Waals surface area contributed by atoms with Gasteiger partial charge in [-0.1, -0.05) is 65.0 Å². The Morgan fingerprint density at radius 1 is 1.14 bits per heavy atom. The van der Waals surface area contributed by atoms with Crippen molar-refractivity contribution < 1.29 is 4.79 Å². The molecule has 2 aromatic heterocycles. The Kier molecular flexibility index (Phi) is 5.94. The van der Waals surface area contributed by atoms with E-state index in [9.17, 15) is 9.59 Å². The van der Waals surface area contributed by atoms with Gasteiger partial charge < -0.3 is 10.3 Å². The maximum atomic E-state index is 12.4. The molecule has 0 radical (unpaired) electrons. The van der Waals surface area contributed by atoms with E-state index in [0.717, 1.165) is 15.8 Å². The van der Waals surface area contributed by atoms with Gasteiger partial charge in [0.25, 0.3) is 5.56 Å². The molecule has 0 atom stereocenters. The van der Waals surface area contributed by atoms with Gasteiger partial charge in [-0.05, 0) is 23.8 Å². The lowest BCUT2D eigenvalue weighted by Gasteiger charge is -2.05. The molecule has 2 N–H and O–H groups in total. The van der Waals surface area contributed by atoms with Gasteiger partial charge in [-0.2, -0.15) is 0 Å². The normalized spacial score (nSPS) is 10.9. The van der Waals surface area contributed by atoms with E-state index in [1.807, 2.05) is 30.3 Å². The van der Waals surface area contributed by atoms with Crippen molar-refractivity contribution in [3.05, 3.63) is 81.2 Å². The smallest absolute Gasteiger partial charge is 0.251 e. The zero-order valence-corrected chi connectivity index (χ0v) is 17.4. The minimum atomic E-state index is -0.285. The standard InChI is InChI=1S/C20H15ClN4O2S2/c21-13-6-7-15-16(8-13)29-20(23-15)25-18(27)10-14-9-17(26)24-19(22-14)28-11-12-4-2-1-3-5-12/h1-9H,10-11H2,(H,22,24,26)(H,23,25,27). The Morgan fingerprint density at radius 2 is 1.97 bits per heavy atom. The number of H-pyrrole nitrogens is 1. The van der Waals surface area contributed by atoms with Crippen LogP contribution in [-0.2, 0) is 17.0 Å². The molecule has 29 heavy (non-hydrogen) atoms. The molecule has 0 spiro atoms. The van der Waals surface area contributed by atoms with Crippen molar-refractivity contribution >= 4 is 56.0 Å². The number of nitrogens with zero attached hydrogens (tertiary/aromatic N) is 2. The molecule has 146 valence electrons. The van der Waals surface area contributed by atoms with Crippen LogP contribution in [0.1, 0.15) is 11.3 Å². The van der Waals surface area contributed by atoms with Gasteiger partial charge in [-0.15, -0.1) is 0 Å². The quantitative estimate of drug-likeness (QED) is 0.339. The molecule has 0 aliphatic rings. The van der Waals surface area contributed by atoms with Crippen LogP contribution < -0.4 is 10.9 Å². The second-order valence-corrected chi connectivity index (χ2v) is 8.60. The number of carbonyl (C=O) groups excluding carboxylic acids is 1. The fraction of sp³-hybridized carbons (Fsp3) is 0.100. The summed E-state index contributed by atoms with van der Waals surface area (Å²) in [6.45, 7) is 0. The first kappa shape index (κ1) is 19.6. The van der Waals surface area contributed by atoms with Crippen molar-refractivity contribution in [1.82, 2.24) is 15.0 Å². The van der Waals surface area contributed by atoms with E-state index in [-0.39, 0.29) is 17.9 Å². The summed E-state index contributed by atoms with van der Waals surface area (Å²) in [6, 6.07) is 16.6. The van der Waals surface area contributed by atoms with Crippen LogP contribution in [0.4, 0.5) is 5.13 Å². The molecule has 4 aromatic rings. The van der Waals surface area contributed by atoms with E-state index in [4.69, 9.17) is 11.6 Å². The number of nitrogens with one attached hydrogen (secondary N) is 2. The number of fused-ring (bicyclic) bond motifs is 1. The van der Waals surface area contributed by atoms with E-state index >= 15 is 0 Å². The van der Waals surface area contributed by atoms with Gasteiger partial charge in [-0.3, -0.25) is 9.59 Å². The summed E-state index contributed by atoms with van der Waals surface area (Å²) in [6.07, 6.45) is -0.0144. The van der Waals surface area contributed by atoms with Crippen LogP contribution in [0.25, 0.3) is 10.2 Å². The average molecular weight is 443 g/mol. The van der Waals surface area contributed by atoms with Gasteiger partial charge >= 0.3 is 0 Å². The first-order valence-corrected chi connectivity index (χ1v) is 10.9. The molecule has 6 nitrogen and oxygen atoms in total. The van der Waals surface area contributed by atoms with Crippen molar-refractivity contribution in [2.24, 2.45) is 0 Å². The number of amides is 1. The van der Waals surface area contributed by atoms with E-state index in [0.29, 0.717) is 26.8 Å². The number of benzene rings is 2. The van der Waals surface area contributed by atoms with E-state index < -0.39 is 0 Å². The maximum absolute atomic E-state index is 12.4. The Morgan fingerprint density at radius 3 is 2.79 bits per heavy atom. The van der Waals surface area contributed by atoms with Crippen molar-refractivity contribution in [3.63, 3.8) is 0 Å². The molecule has 2 aromatic carbocycles. The van der Waals surface area contributed by atoms with Gasteiger partial charge in [0.15, 0.2) is 10.3 Å². The summed E-state index contributed by atoms with van der Waals surface area (Å²) in [5.41, 5.74) is 2.02. The van der Waals surface area contributed by atoms with Crippen LogP contribution in [0.3, 0.4) is 0 Å². The second-order valence-electron chi connectivity index (χ2n) is 6.17. The maximum Gasteiger partial charge on any atom is 0.251 e. The molecular formula is C20H15ClN4O2S2. The molecule has 4 rings (SSSR count). The number of halogens is 1. The lowest BCUT2D eigenvalue weighted by molar-refractivity contribution is -0.115. The van der Waals surface area contributed by atoms with Gasteiger partial charge in [0, 0.05) is 16.8 Å². The molecule has 0 saturated heterocycles. The minimum Gasteiger partial charge on any atom is -0.302 e. The zero-order valence-electron chi connectivity index (χ0n) is 15.0. The molecule has 1 amide bonds. The molecule has 0 bridgehead atoms. The fourth-order valence-corrected chi connectivity index (χ4v) is 4.66. The highest BCUT2D eigenvalue weighted by Gasteiger charge is 2.11. The number of aromatic nitrogens is 3. The summed E-state index contributed by atoms with van der Waals surface area (Å²) in [4.78, 5) is 35.8. The summed E-state index contributed by atoms with van der Waals surface area (Å²) in [5, 5.41) is 4.35. The first-order chi connectivity index (χ1) is 14.0. The summed E-state index contributed by atoms with van der Waals surface area (Å²) in [7, 11) is 0. The highest BCUT2D eigenvalue weighted by molar-refractivity contribution is 7.98. The van der Waals surface area contributed by atoms with Crippen LogP contribution in [0.2, 0.25) is 5.02 Å². The van der Waals surface area contributed by atoms with Gasteiger partial charge in [0.05, 0.1) is 22.3 Å². The third kappa shape index (κ3) is 5.23. The molecule has 0 fully saturated rings. The number of rotatable bonds is 6. The Labute approximate surface area is 179 Å². The third-order valence-corrected chi connectivity index (χ3v) is 6.04. The van der Waals surface area contributed by atoms with Crippen LogP contribution in [0, 0.1) is 0 Å². The van der Waals surface area contributed by atoms with Crippen molar-refractivity contribution in [1.29, 1.82) is 0 Å². The highest BCUT2D eigenvalue weighted by atomic mass is 35.5. The van der Waals surface area contributed by atoms with E-state index in [1.165, 1.54) is 29.2 Å². The Balaban J connectivity index is 1.43. The summed E-state index contributed by atoms with van der Waals surface area (Å²) >= 11 is 8.74. The first-order valence-electron chi connectivity index (χ1n) is 8.68. The number of carbonyl (C=O) groups is 1. The fourth-order valence-electron chi connectivity index (χ4n) is 2.65. The van der Waals surface area contributed by atoms with Crippen molar-refractivity contribution in [2.75, 3.05) is 5.32 Å². The van der Waals surface area contributed by atoms with Gasteiger partial charge in [-0.25, -0.2) is 9.97 Å². The van der Waals surface area contributed by atoms with Crippen LogP contribution >= 0.6 is 34.7 Å². The number of thiazole rings is 1. The Hall–Kier alpha value is -2.68. The zero-order chi connectivity index (χ0) is 20.2. The molecule has 0 aliphatic heterocycles. The minimum absolute atomic E-state index is 0.0144. The molecule has 0 aliphatic carbocycles.